The van der Waals surface area contributed by atoms with Gasteiger partial charge in [-0.25, -0.2) is 0 Å². The Morgan fingerprint density at radius 1 is 1.62 bits per heavy atom. The summed E-state index contributed by atoms with van der Waals surface area (Å²) in [4.78, 5) is 17.4. The summed E-state index contributed by atoms with van der Waals surface area (Å²) >= 11 is 2.91. The lowest BCUT2D eigenvalue weighted by molar-refractivity contribution is 0.448. The highest BCUT2D eigenvalue weighted by atomic mass is 79.9. The maximum Gasteiger partial charge on any atom is 0.270 e. The molecule has 0 radical (unpaired) electrons. The minimum atomic E-state index is -0.379. The molecule has 5 nitrogen and oxygen atoms in total. The van der Waals surface area contributed by atoms with Crippen molar-refractivity contribution in [2.45, 2.75) is 18.9 Å². The Morgan fingerprint density at radius 3 is 2.85 bits per heavy atom. The molecule has 0 aromatic carbocycles. The fraction of sp³-hybridized carbons (Fsp3) is 0.429. The van der Waals surface area contributed by atoms with Crippen molar-refractivity contribution in [2.24, 2.45) is 0 Å². The van der Waals surface area contributed by atoms with Gasteiger partial charge in [-0.1, -0.05) is 0 Å². The van der Waals surface area contributed by atoms with Crippen molar-refractivity contribution in [1.29, 1.82) is 0 Å². The standard InChI is InChI=1S/C7H8BrN3O2/c8-4-5(12)10-7(11-6(4)13)9-3-1-2-3/h3H,1-2H2,(H3,9,10,11,12,13). The highest BCUT2D eigenvalue weighted by Gasteiger charge is 2.22. The molecule has 0 spiro atoms. The van der Waals surface area contributed by atoms with E-state index in [4.69, 9.17) is 0 Å². The topological polar surface area (TPSA) is 78.0 Å². The van der Waals surface area contributed by atoms with Gasteiger partial charge in [0.1, 0.15) is 4.47 Å². The van der Waals surface area contributed by atoms with Crippen LogP contribution in [0.3, 0.4) is 0 Å². The lowest BCUT2D eigenvalue weighted by Crippen LogP contribution is -2.14. The lowest BCUT2D eigenvalue weighted by Gasteiger charge is -2.03. The van der Waals surface area contributed by atoms with Crippen molar-refractivity contribution < 1.29 is 5.11 Å². The molecular weight excluding hydrogens is 238 g/mol. The van der Waals surface area contributed by atoms with E-state index in [0.717, 1.165) is 12.8 Å². The van der Waals surface area contributed by atoms with E-state index in [2.05, 4.69) is 31.2 Å². The summed E-state index contributed by atoms with van der Waals surface area (Å²) in [5, 5.41) is 12.2. The average molecular weight is 246 g/mol. The van der Waals surface area contributed by atoms with E-state index >= 15 is 0 Å². The van der Waals surface area contributed by atoms with Crippen LogP contribution >= 0.6 is 15.9 Å². The van der Waals surface area contributed by atoms with E-state index in [-0.39, 0.29) is 15.9 Å². The number of halogens is 1. The number of aromatic nitrogens is 2. The Balaban J connectivity index is 2.31. The van der Waals surface area contributed by atoms with Gasteiger partial charge >= 0.3 is 0 Å². The zero-order valence-electron chi connectivity index (χ0n) is 6.67. The first-order valence-corrected chi connectivity index (χ1v) is 4.71. The molecule has 1 aromatic heterocycles. The molecule has 1 aromatic rings. The molecule has 0 bridgehead atoms. The number of aromatic hydroxyl groups is 1. The molecule has 0 amide bonds. The Bertz CT molecular complexity index is 386. The van der Waals surface area contributed by atoms with E-state index in [1.165, 1.54) is 0 Å². The number of anilines is 1. The van der Waals surface area contributed by atoms with Crippen molar-refractivity contribution >= 4 is 21.9 Å². The van der Waals surface area contributed by atoms with E-state index in [0.29, 0.717) is 12.0 Å². The van der Waals surface area contributed by atoms with Crippen molar-refractivity contribution in [3.05, 3.63) is 14.8 Å². The number of aromatic amines is 1. The second-order valence-corrected chi connectivity index (χ2v) is 3.76. The number of nitrogens with zero attached hydrogens (tertiary/aromatic N) is 1. The van der Waals surface area contributed by atoms with Gasteiger partial charge in [-0.3, -0.25) is 9.78 Å². The number of H-pyrrole nitrogens is 1. The van der Waals surface area contributed by atoms with E-state index in [1.54, 1.807) is 0 Å². The van der Waals surface area contributed by atoms with Crippen LogP contribution < -0.4 is 10.9 Å². The largest absolute Gasteiger partial charge is 0.492 e. The van der Waals surface area contributed by atoms with E-state index in [1.807, 2.05) is 0 Å². The zero-order valence-corrected chi connectivity index (χ0v) is 8.26. The summed E-state index contributed by atoms with van der Waals surface area (Å²) in [5.74, 6) is 0.0418. The lowest BCUT2D eigenvalue weighted by atomic mass is 10.6. The summed E-state index contributed by atoms with van der Waals surface area (Å²) in [6, 6.07) is 0.392. The predicted octanol–water partition coefficient (Wildman–Crippen LogP) is 0.812. The van der Waals surface area contributed by atoms with Crippen molar-refractivity contribution in [2.75, 3.05) is 5.32 Å². The SMILES string of the molecule is O=c1[nH]c(NC2CC2)nc(O)c1Br. The van der Waals surface area contributed by atoms with Gasteiger partial charge in [-0.15, -0.1) is 0 Å². The number of nitrogens with one attached hydrogen (secondary N) is 2. The Kier molecular flexibility index (Phi) is 1.99. The van der Waals surface area contributed by atoms with Crippen LogP contribution in [-0.2, 0) is 0 Å². The maximum atomic E-state index is 11.1. The van der Waals surface area contributed by atoms with Crippen LogP contribution in [-0.4, -0.2) is 21.1 Å². The van der Waals surface area contributed by atoms with Gasteiger partial charge in [-0.05, 0) is 28.8 Å². The summed E-state index contributed by atoms with van der Waals surface area (Å²) in [6.45, 7) is 0. The molecule has 1 heterocycles. The molecule has 1 fully saturated rings. The molecular formula is C7H8BrN3O2. The molecule has 0 unspecified atom stereocenters. The monoisotopic (exact) mass is 245 g/mol. The minimum Gasteiger partial charge on any atom is -0.492 e. The second-order valence-electron chi connectivity index (χ2n) is 2.97. The van der Waals surface area contributed by atoms with Crippen LogP contribution in [0, 0.1) is 0 Å². The summed E-state index contributed by atoms with van der Waals surface area (Å²) < 4.78 is 0.0637. The molecule has 13 heavy (non-hydrogen) atoms. The van der Waals surface area contributed by atoms with E-state index in [9.17, 15) is 9.90 Å². The minimum absolute atomic E-state index is 0.0637. The molecule has 6 heteroatoms. The van der Waals surface area contributed by atoms with Crippen molar-refractivity contribution in [3.63, 3.8) is 0 Å². The third-order valence-electron chi connectivity index (χ3n) is 1.76. The quantitative estimate of drug-likeness (QED) is 0.721. The van der Waals surface area contributed by atoms with Crippen LogP contribution in [0.5, 0.6) is 5.88 Å². The first-order chi connectivity index (χ1) is 6.16. The van der Waals surface area contributed by atoms with Gasteiger partial charge < -0.3 is 10.4 Å². The molecule has 0 atom stereocenters. The molecule has 70 valence electrons. The Hall–Kier alpha value is -1.04. The summed E-state index contributed by atoms with van der Waals surface area (Å²) in [6.07, 6.45) is 2.17. The molecule has 3 N–H and O–H groups in total. The number of rotatable bonds is 2. The normalized spacial score (nSPS) is 15.8. The highest BCUT2D eigenvalue weighted by Crippen LogP contribution is 2.24. The van der Waals surface area contributed by atoms with Gasteiger partial charge in [0.2, 0.25) is 11.8 Å². The van der Waals surface area contributed by atoms with Gasteiger partial charge in [0, 0.05) is 6.04 Å². The fourth-order valence-electron chi connectivity index (χ4n) is 0.936. The smallest absolute Gasteiger partial charge is 0.270 e. The Labute approximate surface area is 82.3 Å². The molecule has 1 aliphatic carbocycles. The fourth-order valence-corrected chi connectivity index (χ4v) is 1.12. The predicted molar refractivity (Wildman–Crippen MR) is 50.9 cm³/mol. The van der Waals surface area contributed by atoms with Gasteiger partial charge in [-0.2, -0.15) is 4.98 Å². The van der Waals surface area contributed by atoms with Crippen LogP contribution in [0.1, 0.15) is 12.8 Å². The number of hydrogen-bond acceptors (Lipinski definition) is 4. The van der Waals surface area contributed by atoms with Gasteiger partial charge in [0.25, 0.3) is 5.56 Å². The third kappa shape index (κ3) is 1.82. The van der Waals surface area contributed by atoms with Crippen LogP contribution in [0.25, 0.3) is 0 Å². The number of hydrogen-bond donors (Lipinski definition) is 3. The third-order valence-corrected chi connectivity index (χ3v) is 2.48. The van der Waals surface area contributed by atoms with Gasteiger partial charge in [0.05, 0.1) is 0 Å². The molecule has 0 aliphatic heterocycles. The van der Waals surface area contributed by atoms with Crippen LogP contribution in [0.15, 0.2) is 9.27 Å². The van der Waals surface area contributed by atoms with E-state index < -0.39 is 0 Å². The van der Waals surface area contributed by atoms with Gasteiger partial charge in [0.15, 0.2) is 0 Å². The molecule has 1 aliphatic rings. The average Bonchev–Trinajstić information content (AvgIpc) is 2.84. The van der Waals surface area contributed by atoms with Crippen molar-refractivity contribution in [1.82, 2.24) is 9.97 Å². The molecule has 2 rings (SSSR count). The van der Waals surface area contributed by atoms with Crippen molar-refractivity contribution in [3.8, 4) is 5.88 Å². The summed E-state index contributed by atoms with van der Waals surface area (Å²) in [7, 11) is 0. The Morgan fingerprint density at radius 2 is 2.31 bits per heavy atom. The summed E-state index contributed by atoms with van der Waals surface area (Å²) in [5.41, 5.74) is -0.379. The van der Waals surface area contributed by atoms with Crippen LogP contribution in [0.2, 0.25) is 0 Å². The zero-order chi connectivity index (χ0) is 9.42. The first kappa shape index (κ1) is 8.55. The highest BCUT2D eigenvalue weighted by molar-refractivity contribution is 9.10. The second kappa shape index (κ2) is 3.02. The van der Waals surface area contributed by atoms with Crippen LogP contribution in [0.4, 0.5) is 5.95 Å². The first-order valence-electron chi connectivity index (χ1n) is 3.92. The molecule has 0 saturated heterocycles. The molecule has 1 saturated carbocycles. The maximum absolute atomic E-state index is 11.1.